The zero-order valence-corrected chi connectivity index (χ0v) is 15.4. The summed E-state index contributed by atoms with van der Waals surface area (Å²) in [6.07, 6.45) is 4.38. The maximum atomic E-state index is 13.8. The van der Waals surface area contributed by atoms with Crippen LogP contribution in [0.5, 0.6) is 0 Å². The van der Waals surface area contributed by atoms with Gasteiger partial charge in [-0.2, -0.15) is 0 Å². The second-order valence-corrected chi connectivity index (χ2v) is 7.03. The van der Waals surface area contributed by atoms with Crippen LogP contribution in [0, 0.1) is 5.82 Å². The number of likely N-dealkylation sites (tertiary alicyclic amines) is 1. The first kappa shape index (κ1) is 17.7. The third-order valence-corrected chi connectivity index (χ3v) is 5.13. The van der Waals surface area contributed by atoms with Gasteiger partial charge in [0.25, 0.3) is 5.91 Å². The van der Waals surface area contributed by atoms with E-state index in [-0.39, 0.29) is 11.7 Å². The van der Waals surface area contributed by atoms with Crippen molar-refractivity contribution in [3.63, 3.8) is 0 Å². The van der Waals surface area contributed by atoms with E-state index < -0.39 is 0 Å². The number of pyridine rings is 1. The standard InChI is InChI=1S/C21H23FN4O/c1-25-9-4-5-20(25)19-14-17(16-13-15(22)6-7-18(16)24-19)21(27)23-8-12-26-10-2-3-11-26/h4-7,9,13-14H,2-3,8,10-12H2,1H3,(H,23,27). The van der Waals surface area contributed by atoms with Gasteiger partial charge in [0.15, 0.2) is 0 Å². The normalized spacial score (nSPS) is 14.7. The van der Waals surface area contributed by atoms with E-state index in [0.29, 0.717) is 28.7 Å². The topological polar surface area (TPSA) is 50.2 Å². The Kier molecular flexibility index (Phi) is 4.90. The van der Waals surface area contributed by atoms with Crippen molar-refractivity contribution in [3.8, 4) is 11.4 Å². The molecule has 3 aromatic rings. The van der Waals surface area contributed by atoms with E-state index in [0.717, 1.165) is 25.3 Å². The van der Waals surface area contributed by atoms with Gasteiger partial charge in [0.2, 0.25) is 0 Å². The number of aryl methyl sites for hydroxylation is 1. The molecule has 27 heavy (non-hydrogen) atoms. The molecule has 1 aliphatic rings. The highest BCUT2D eigenvalue weighted by molar-refractivity contribution is 6.07. The number of nitrogens with one attached hydrogen (secondary N) is 1. The zero-order valence-electron chi connectivity index (χ0n) is 15.4. The van der Waals surface area contributed by atoms with Gasteiger partial charge in [-0.1, -0.05) is 0 Å². The lowest BCUT2D eigenvalue weighted by atomic mass is 10.1. The van der Waals surface area contributed by atoms with Crippen LogP contribution in [-0.2, 0) is 7.05 Å². The van der Waals surface area contributed by atoms with Gasteiger partial charge < -0.3 is 14.8 Å². The Morgan fingerprint density at radius 3 is 2.78 bits per heavy atom. The van der Waals surface area contributed by atoms with Gasteiger partial charge in [0.05, 0.1) is 22.5 Å². The third-order valence-electron chi connectivity index (χ3n) is 5.13. The second-order valence-electron chi connectivity index (χ2n) is 7.03. The molecule has 1 amide bonds. The first-order chi connectivity index (χ1) is 13.1. The minimum atomic E-state index is -0.373. The van der Waals surface area contributed by atoms with Crippen LogP contribution in [0.25, 0.3) is 22.3 Å². The quantitative estimate of drug-likeness (QED) is 0.754. The molecular formula is C21H23FN4O. The Hall–Kier alpha value is -2.73. The Morgan fingerprint density at radius 2 is 2.04 bits per heavy atom. The number of fused-ring (bicyclic) bond motifs is 1. The Bertz CT molecular complexity index is 975. The van der Waals surface area contributed by atoms with Crippen LogP contribution in [-0.4, -0.2) is 46.5 Å². The van der Waals surface area contributed by atoms with Crippen LogP contribution < -0.4 is 5.32 Å². The number of rotatable bonds is 5. The number of aromatic nitrogens is 2. The van der Waals surface area contributed by atoms with Gasteiger partial charge >= 0.3 is 0 Å². The van der Waals surface area contributed by atoms with Crippen molar-refractivity contribution in [1.29, 1.82) is 0 Å². The minimum absolute atomic E-state index is 0.192. The fraction of sp³-hybridized carbons (Fsp3) is 0.333. The van der Waals surface area contributed by atoms with Crippen molar-refractivity contribution in [2.24, 2.45) is 7.05 Å². The zero-order chi connectivity index (χ0) is 18.8. The number of amides is 1. The Morgan fingerprint density at radius 1 is 1.22 bits per heavy atom. The number of hydrogen-bond acceptors (Lipinski definition) is 3. The van der Waals surface area contributed by atoms with E-state index in [4.69, 9.17) is 0 Å². The predicted octanol–water partition coefficient (Wildman–Crippen LogP) is 3.21. The van der Waals surface area contributed by atoms with E-state index >= 15 is 0 Å². The monoisotopic (exact) mass is 366 g/mol. The first-order valence-corrected chi connectivity index (χ1v) is 9.34. The van der Waals surface area contributed by atoms with Crippen molar-refractivity contribution in [2.45, 2.75) is 12.8 Å². The Labute approximate surface area is 157 Å². The van der Waals surface area contributed by atoms with Crippen molar-refractivity contribution in [2.75, 3.05) is 26.2 Å². The maximum absolute atomic E-state index is 13.8. The SMILES string of the molecule is Cn1cccc1-c1cc(C(=O)NCCN2CCCC2)c2cc(F)ccc2n1. The molecule has 0 spiro atoms. The number of carbonyl (C=O) groups excluding carboxylic acids is 1. The molecule has 140 valence electrons. The van der Waals surface area contributed by atoms with E-state index in [1.165, 1.54) is 25.0 Å². The third kappa shape index (κ3) is 3.71. The van der Waals surface area contributed by atoms with Crippen LogP contribution in [0.2, 0.25) is 0 Å². The summed E-state index contributed by atoms with van der Waals surface area (Å²) >= 11 is 0. The van der Waals surface area contributed by atoms with Crippen molar-refractivity contribution in [3.05, 3.63) is 54.0 Å². The summed E-state index contributed by atoms with van der Waals surface area (Å²) in [5.41, 5.74) is 2.68. The predicted molar refractivity (Wildman–Crippen MR) is 104 cm³/mol. The van der Waals surface area contributed by atoms with Gasteiger partial charge in [0.1, 0.15) is 5.82 Å². The lowest BCUT2D eigenvalue weighted by Gasteiger charge is -2.15. The molecule has 1 aliphatic heterocycles. The fourth-order valence-electron chi connectivity index (χ4n) is 3.67. The van der Waals surface area contributed by atoms with Crippen LogP contribution in [0.4, 0.5) is 4.39 Å². The molecule has 0 unspecified atom stereocenters. The second kappa shape index (κ2) is 7.48. The number of hydrogen-bond donors (Lipinski definition) is 1. The summed E-state index contributed by atoms with van der Waals surface area (Å²) in [6.45, 7) is 3.61. The molecule has 1 N–H and O–H groups in total. The van der Waals surface area contributed by atoms with Crippen molar-refractivity contribution >= 4 is 16.8 Å². The molecule has 0 atom stereocenters. The van der Waals surface area contributed by atoms with Gasteiger partial charge in [0, 0.05) is 31.7 Å². The average Bonchev–Trinajstić information content (AvgIpc) is 3.32. The molecule has 2 aromatic heterocycles. The van der Waals surface area contributed by atoms with Crippen LogP contribution in [0.15, 0.2) is 42.6 Å². The molecule has 1 saturated heterocycles. The van der Waals surface area contributed by atoms with E-state index in [1.54, 1.807) is 12.1 Å². The molecule has 1 aromatic carbocycles. The highest BCUT2D eigenvalue weighted by atomic mass is 19.1. The summed E-state index contributed by atoms with van der Waals surface area (Å²) in [6, 6.07) is 10.0. The molecule has 1 fully saturated rings. The molecular weight excluding hydrogens is 343 g/mol. The molecule has 3 heterocycles. The van der Waals surface area contributed by atoms with Crippen LogP contribution in [0.3, 0.4) is 0 Å². The summed E-state index contributed by atoms with van der Waals surface area (Å²) in [7, 11) is 1.93. The van der Waals surface area contributed by atoms with Gasteiger partial charge in [-0.15, -0.1) is 0 Å². The van der Waals surface area contributed by atoms with Crippen LogP contribution >= 0.6 is 0 Å². The lowest BCUT2D eigenvalue weighted by molar-refractivity contribution is 0.0951. The number of carbonyl (C=O) groups is 1. The summed E-state index contributed by atoms with van der Waals surface area (Å²) in [4.78, 5) is 19.8. The van der Waals surface area contributed by atoms with Gasteiger partial charge in [-0.05, 0) is 62.3 Å². The minimum Gasteiger partial charge on any atom is -0.351 e. The van der Waals surface area contributed by atoms with E-state index in [9.17, 15) is 9.18 Å². The maximum Gasteiger partial charge on any atom is 0.252 e. The van der Waals surface area contributed by atoms with Crippen LogP contribution in [0.1, 0.15) is 23.2 Å². The fourth-order valence-corrected chi connectivity index (χ4v) is 3.67. The molecule has 6 heteroatoms. The smallest absolute Gasteiger partial charge is 0.252 e. The molecule has 5 nitrogen and oxygen atoms in total. The van der Waals surface area contributed by atoms with Crippen molar-refractivity contribution in [1.82, 2.24) is 19.8 Å². The molecule has 4 rings (SSSR count). The largest absolute Gasteiger partial charge is 0.351 e. The lowest BCUT2D eigenvalue weighted by Crippen LogP contribution is -2.33. The highest BCUT2D eigenvalue weighted by Gasteiger charge is 2.16. The van der Waals surface area contributed by atoms with Gasteiger partial charge in [-0.25, -0.2) is 9.37 Å². The summed E-state index contributed by atoms with van der Waals surface area (Å²) < 4.78 is 15.8. The Balaban J connectivity index is 1.65. The number of halogens is 1. The van der Waals surface area contributed by atoms with Gasteiger partial charge in [-0.3, -0.25) is 4.79 Å². The molecule has 0 saturated carbocycles. The number of nitrogens with zero attached hydrogens (tertiary/aromatic N) is 3. The highest BCUT2D eigenvalue weighted by Crippen LogP contribution is 2.25. The van der Waals surface area contributed by atoms with E-state index in [2.05, 4.69) is 15.2 Å². The van der Waals surface area contributed by atoms with E-state index in [1.807, 2.05) is 29.9 Å². The van der Waals surface area contributed by atoms with Crippen molar-refractivity contribution < 1.29 is 9.18 Å². The summed E-state index contributed by atoms with van der Waals surface area (Å²) in [5.74, 6) is -0.565. The number of benzene rings is 1. The molecule has 0 aliphatic carbocycles. The molecule has 0 radical (unpaired) electrons. The average molecular weight is 366 g/mol. The summed E-state index contributed by atoms with van der Waals surface area (Å²) in [5, 5.41) is 3.52. The molecule has 0 bridgehead atoms. The first-order valence-electron chi connectivity index (χ1n) is 9.34.